The Kier molecular flexibility index (Phi) is 15.1. The molecule has 10 atom stereocenters. The van der Waals surface area contributed by atoms with Gasteiger partial charge in [-0.15, -0.1) is 0 Å². The Bertz CT molecular complexity index is 1430. The van der Waals surface area contributed by atoms with E-state index in [1.807, 2.05) is 0 Å². The highest BCUT2D eigenvalue weighted by Crippen LogP contribution is 2.37. The molecule has 20 nitrogen and oxygen atoms in total. The lowest BCUT2D eigenvalue weighted by Gasteiger charge is -2.48. The standard InChI is InChI=1S/C27H35F3O20S/c1-10(31)40-8-17-19(42-12(3)33)21(43-13(4)34)23(45-15(6)36)25(47-17)49-20-18(9-41-11(2)32)48-26(46-16(7)37)24(22(20)44-14(5)35)50-51(38,39)27(28,29)30/h17-26H,8-9H2,1-7H3/t17-,18-,19-,20-,21+,22+,23-,24+,25+,26-/m1/s1. The molecule has 51 heavy (non-hydrogen) atoms. The molecule has 0 bridgehead atoms. The number of carbonyl (C=O) groups is 7. The highest BCUT2D eigenvalue weighted by atomic mass is 32.2. The molecule has 0 amide bonds. The first-order valence-corrected chi connectivity index (χ1v) is 15.9. The average Bonchev–Trinajstić information content (AvgIpc) is 2.95. The van der Waals surface area contributed by atoms with E-state index in [9.17, 15) is 55.2 Å². The summed E-state index contributed by atoms with van der Waals surface area (Å²) in [5.41, 5.74) is -6.08. The van der Waals surface area contributed by atoms with Crippen molar-refractivity contribution in [1.29, 1.82) is 0 Å². The number of rotatable bonds is 13. The van der Waals surface area contributed by atoms with Crippen LogP contribution in [0.25, 0.3) is 0 Å². The molecule has 2 fully saturated rings. The second-order valence-corrected chi connectivity index (χ2v) is 12.2. The fraction of sp³-hybridized carbons (Fsp3) is 0.741. The smallest absolute Gasteiger partial charge is 0.463 e. The Balaban J connectivity index is 2.83. The first-order valence-electron chi connectivity index (χ1n) is 14.5. The molecule has 0 radical (unpaired) electrons. The number of alkyl halides is 3. The fourth-order valence-electron chi connectivity index (χ4n) is 4.72. The van der Waals surface area contributed by atoms with Gasteiger partial charge in [0.2, 0.25) is 6.29 Å². The van der Waals surface area contributed by atoms with Gasteiger partial charge < -0.3 is 47.4 Å². The van der Waals surface area contributed by atoms with Crippen LogP contribution in [0.3, 0.4) is 0 Å². The summed E-state index contributed by atoms with van der Waals surface area (Å²) in [6.45, 7) is 4.44. The quantitative estimate of drug-likeness (QED) is 0.0988. The van der Waals surface area contributed by atoms with Gasteiger partial charge in [0.25, 0.3) is 0 Å². The van der Waals surface area contributed by atoms with Crippen molar-refractivity contribution in [3.05, 3.63) is 0 Å². The second-order valence-electron chi connectivity index (χ2n) is 10.7. The molecule has 2 rings (SSSR count). The first kappa shape index (κ1) is 43.0. The number of carbonyl (C=O) groups excluding carboxylic acids is 7. The van der Waals surface area contributed by atoms with Crippen LogP contribution in [-0.2, 0) is 95.2 Å². The lowest BCUT2D eigenvalue weighted by Crippen LogP contribution is -2.67. The van der Waals surface area contributed by atoms with E-state index in [1.165, 1.54) is 0 Å². The predicted molar refractivity (Wildman–Crippen MR) is 149 cm³/mol. The number of hydrogen-bond acceptors (Lipinski definition) is 20. The van der Waals surface area contributed by atoms with E-state index in [-0.39, 0.29) is 0 Å². The maximum atomic E-state index is 13.5. The fourth-order valence-corrected chi connectivity index (χ4v) is 5.32. The first-order chi connectivity index (χ1) is 23.4. The van der Waals surface area contributed by atoms with Gasteiger partial charge in [0, 0.05) is 48.5 Å². The lowest BCUT2D eigenvalue weighted by atomic mass is 9.96. The maximum absolute atomic E-state index is 13.5. The van der Waals surface area contributed by atoms with E-state index in [0.29, 0.717) is 0 Å². The zero-order valence-corrected chi connectivity index (χ0v) is 28.7. The van der Waals surface area contributed by atoms with Crippen molar-refractivity contribution >= 4 is 51.9 Å². The summed E-state index contributed by atoms with van der Waals surface area (Å²) >= 11 is 0. The van der Waals surface area contributed by atoms with Crippen LogP contribution in [0.4, 0.5) is 13.2 Å². The van der Waals surface area contributed by atoms with Gasteiger partial charge in [-0.25, -0.2) is 4.18 Å². The molecule has 0 unspecified atom stereocenters. The monoisotopic (exact) mass is 768 g/mol. The van der Waals surface area contributed by atoms with E-state index >= 15 is 0 Å². The van der Waals surface area contributed by atoms with Crippen LogP contribution in [0.2, 0.25) is 0 Å². The summed E-state index contributed by atoms with van der Waals surface area (Å²) in [6, 6.07) is 0. The van der Waals surface area contributed by atoms with Crippen molar-refractivity contribution in [2.24, 2.45) is 0 Å². The Morgan fingerprint density at radius 2 is 0.882 bits per heavy atom. The molecule has 290 valence electrons. The third kappa shape index (κ3) is 12.6. The van der Waals surface area contributed by atoms with Crippen LogP contribution in [0.5, 0.6) is 0 Å². The van der Waals surface area contributed by atoms with Crippen molar-refractivity contribution < 1.29 is 107 Å². The molecule has 0 aromatic heterocycles. The molecule has 0 aromatic carbocycles. The number of hydrogen-bond donors (Lipinski definition) is 0. The minimum Gasteiger partial charge on any atom is -0.463 e. The summed E-state index contributed by atoms with van der Waals surface area (Å²) in [7, 11) is -6.59. The van der Waals surface area contributed by atoms with Gasteiger partial charge in [0.15, 0.2) is 36.8 Å². The normalized spacial score (nSPS) is 29.5. The summed E-state index contributed by atoms with van der Waals surface area (Å²) in [5.74, 6) is -7.57. The average molecular weight is 769 g/mol. The van der Waals surface area contributed by atoms with Gasteiger partial charge in [0.1, 0.15) is 31.5 Å². The summed E-state index contributed by atoms with van der Waals surface area (Å²) in [4.78, 5) is 84.1. The molecule has 2 aliphatic heterocycles. The van der Waals surface area contributed by atoms with Gasteiger partial charge in [-0.1, -0.05) is 0 Å². The van der Waals surface area contributed by atoms with Crippen molar-refractivity contribution in [3.63, 3.8) is 0 Å². The largest absolute Gasteiger partial charge is 0.523 e. The third-order valence-corrected chi connectivity index (χ3v) is 7.43. The van der Waals surface area contributed by atoms with Gasteiger partial charge in [-0.2, -0.15) is 21.6 Å². The SMILES string of the molecule is CC(=O)OC[C@H]1O[C@@H](OC(C)=O)[C@@H](OS(=O)(=O)C(F)(F)F)[C@@H](OC(C)=O)[C@@H]1O[C@@H]1O[C@H](COC(C)=O)[C@@H](OC(C)=O)[C@H](OC(C)=O)[C@H]1OC(C)=O. The van der Waals surface area contributed by atoms with Crippen LogP contribution in [0, 0.1) is 0 Å². The molecule has 2 heterocycles. The van der Waals surface area contributed by atoms with Crippen LogP contribution in [0.1, 0.15) is 48.5 Å². The van der Waals surface area contributed by atoms with Crippen molar-refractivity contribution in [2.75, 3.05) is 13.2 Å². The topological polar surface area (TPSA) is 255 Å². The Morgan fingerprint density at radius 1 is 0.510 bits per heavy atom. The van der Waals surface area contributed by atoms with E-state index < -0.39 is 132 Å². The molecular weight excluding hydrogens is 733 g/mol. The Hall–Kier alpha value is -4.13. The molecule has 0 N–H and O–H groups in total. The van der Waals surface area contributed by atoms with Gasteiger partial charge in [-0.3, -0.25) is 33.6 Å². The van der Waals surface area contributed by atoms with E-state index in [1.54, 1.807) is 0 Å². The molecule has 0 spiro atoms. The zero-order valence-electron chi connectivity index (χ0n) is 27.9. The second kappa shape index (κ2) is 17.9. The van der Waals surface area contributed by atoms with Crippen molar-refractivity contribution in [1.82, 2.24) is 0 Å². The molecule has 24 heteroatoms. The van der Waals surface area contributed by atoms with Crippen molar-refractivity contribution in [3.8, 4) is 0 Å². The maximum Gasteiger partial charge on any atom is 0.523 e. The van der Waals surface area contributed by atoms with Gasteiger partial charge in [-0.05, 0) is 0 Å². The Morgan fingerprint density at radius 3 is 1.29 bits per heavy atom. The summed E-state index contributed by atoms with van der Waals surface area (Å²) in [6.07, 6.45) is -20.8. The predicted octanol–water partition coefficient (Wildman–Crippen LogP) is -0.528. The number of esters is 7. The van der Waals surface area contributed by atoms with Gasteiger partial charge >= 0.3 is 57.4 Å². The molecule has 0 saturated carbocycles. The van der Waals surface area contributed by atoms with Crippen LogP contribution >= 0.6 is 0 Å². The van der Waals surface area contributed by atoms with E-state index in [0.717, 1.165) is 48.5 Å². The van der Waals surface area contributed by atoms with E-state index in [4.69, 9.17) is 47.4 Å². The number of ether oxygens (including phenoxy) is 10. The molecule has 2 saturated heterocycles. The summed E-state index contributed by atoms with van der Waals surface area (Å²) in [5, 5.41) is 0. The van der Waals surface area contributed by atoms with Crippen LogP contribution < -0.4 is 0 Å². The number of halogens is 3. The molecular formula is C27H35F3O20S. The lowest BCUT2D eigenvalue weighted by molar-refractivity contribution is -0.355. The Labute approximate surface area is 287 Å². The van der Waals surface area contributed by atoms with E-state index in [2.05, 4.69) is 4.18 Å². The third-order valence-electron chi connectivity index (χ3n) is 6.39. The minimum absolute atomic E-state index is 0.734. The highest BCUT2D eigenvalue weighted by molar-refractivity contribution is 7.87. The van der Waals surface area contributed by atoms with Crippen LogP contribution in [0.15, 0.2) is 0 Å². The summed E-state index contributed by atoms with van der Waals surface area (Å²) < 4.78 is 122. The highest BCUT2D eigenvalue weighted by Gasteiger charge is 2.60. The van der Waals surface area contributed by atoms with Crippen molar-refractivity contribution in [2.45, 2.75) is 115 Å². The van der Waals surface area contributed by atoms with Crippen LogP contribution in [-0.4, -0.2) is 130 Å². The minimum atomic E-state index is -6.59. The van der Waals surface area contributed by atoms with Gasteiger partial charge in [0.05, 0.1) is 0 Å². The zero-order chi connectivity index (χ0) is 39.0. The molecule has 0 aromatic rings. The molecule has 0 aliphatic carbocycles. The molecule has 2 aliphatic rings.